The molecule has 0 atom stereocenters. The third-order valence-corrected chi connectivity index (χ3v) is 4.81. The van der Waals surface area contributed by atoms with Gasteiger partial charge in [0.1, 0.15) is 0 Å². The van der Waals surface area contributed by atoms with E-state index in [2.05, 4.69) is 0 Å². The fourth-order valence-electron chi connectivity index (χ4n) is 1.41. The van der Waals surface area contributed by atoms with Gasteiger partial charge in [0.2, 0.25) is 0 Å². The zero-order valence-corrected chi connectivity index (χ0v) is 11.3. The van der Waals surface area contributed by atoms with Gasteiger partial charge in [-0.25, -0.2) is 0 Å². The van der Waals surface area contributed by atoms with Gasteiger partial charge in [0.15, 0.2) is 0 Å². The van der Waals surface area contributed by atoms with Crippen molar-refractivity contribution in [3.05, 3.63) is 28.8 Å². The van der Waals surface area contributed by atoms with E-state index in [1.165, 1.54) is 0 Å². The van der Waals surface area contributed by atoms with E-state index in [1.807, 2.05) is 6.92 Å². The Morgan fingerprint density at radius 3 is 2.31 bits per heavy atom. The van der Waals surface area contributed by atoms with Crippen LogP contribution in [0.15, 0.2) is 18.2 Å². The Bertz CT molecular complexity index is 396. The van der Waals surface area contributed by atoms with Gasteiger partial charge in [0, 0.05) is 5.02 Å². The van der Waals surface area contributed by atoms with E-state index in [0.29, 0.717) is 23.5 Å². The first kappa shape index (κ1) is 13.7. The van der Waals surface area contributed by atoms with Crippen LogP contribution in [0.1, 0.15) is 19.4 Å². The van der Waals surface area contributed by atoms with E-state index < -0.39 is 7.60 Å². The first-order valence-corrected chi connectivity index (χ1v) is 7.12. The molecule has 1 aromatic carbocycles. The molecule has 0 saturated heterocycles. The molecule has 0 saturated carbocycles. The molecule has 90 valence electrons. The normalized spacial score (nSPS) is 11.8. The van der Waals surface area contributed by atoms with Crippen molar-refractivity contribution in [2.45, 2.75) is 20.8 Å². The average molecular weight is 263 g/mol. The Labute approximate surface area is 101 Å². The summed E-state index contributed by atoms with van der Waals surface area (Å²) in [6.07, 6.45) is 0. The molecule has 0 aliphatic carbocycles. The number of benzene rings is 1. The summed E-state index contributed by atoms with van der Waals surface area (Å²) in [6, 6.07) is 5.23. The molecule has 0 unspecified atom stereocenters. The highest BCUT2D eigenvalue weighted by atomic mass is 35.5. The maximum Gasteiger partial charge on any atom is 0.361 e. The zero-order chi connectivity index (χ0) is 12.2. The van der Waals surface area contributed by atoms with Crippen LogP contribution in [0.2, 0.25) is 5.02 Å². The van der Waals surface area contributed by atoms with Crippen LogP contribution in [0, 0.1) is 6.92 Å². The molecule has 16 heavy (non-hydrogen) atoms. The van der Waals surface area contributed by atoms with Crippen molar-refractivity contribution in [3.8, 4) is 0 Å². The molecule has 0 bridgehead atoms. The minimum atomic E-state index is -3.22. The van der Waals surface area contributed by atoms with E-state index in [1.54, 1.807) is 32.0 Å². The van der Waals surface area contributed by atoms with Crippen LogP contribution < -0.4 is 5.30 Å². The number of hydrogen-bond donors (Lipinski definition) is 0. The van der Waals surface area contributed by atoms with Gasteiger partial charge in [-0.1, -0.05) is 17.7 Å². The van der Waals surface area contributed by atoms with E-state index >= 15 is 0 Å². The summed E-state index contributed by atoms with van der Waals surface area (Å²) in [5, 5.41) is 1.11. The molecule has 0 fully saturated rings. The van der Waals surface area contributed by atoms with Gasteiger partial charge in [-0.3, -0.25) is 4.57 Å². The molecule has 5 heteroatoms. The minimum Gasteiger partial charge on any atom is -0.305 e. The van der Waals surface area contributed by atoms with Gasteiger partial charge in [-0.15, -0.1) is 0 Å². The number of hydrogen-bond acceptors (Lipinski definition) is 3. The first-order valence-electron chi connectivity index (χ1n) is 5.20. The maximum absolute atomic E-state index is 12.5. The van der Waals surface area contributed by atoms with Crippen LogP contribution in [-0.2, 0) is 13.6 Å². The summed E-state index contributed by atoms with van der Waals surface area (Å²) < 4.78 is 23.0. The topological polar surface area (TPSA) is 35.5 Å². The summed E-state index contributed by atoms with van der Waals surface area (Å²) in [6.45, 7) is 6.05. The van der Waals surface area contributed by atoms with Crippen LogP contribution in [0.5, 0.6) is 0 Å². The molecule has 0 aliphatic heterocycles. The zero-order valence-electron chi connectivity index (χ0n) is 9.70. The Kier molecular flexibility index (Phi) is 5.00. The summed E-state index contributed by atoms with van der Waals surface area (Å²) in [4.78, 5) is 0. The maximum atomic E-state index is 12.5. The van der Waals surface area contributed by atoms with Gasteiger partial charge in [-0.05, 0) is 38.5 Å². The van der Waals surface area contributed by atoms with Gasteiger partial charge in [0.05, 0.1) is 18.5 Å². The second-order valence-corrected chi connectivity index (χ2v) is 5.62. The second kappa shape index (κ2) is 5.83. The van der Waals surface area contributed by atoms with E-state index in [0.717, 1.165) is 5.56 Å². The molecule has 0 aromatic heterocycles. The molecule has 1 aromatic rings. The Hall–Kier alpha value is -0.340. The third kappa shape index (κ3) is 2.86. The fourth-order valence-corrected chi connectivity index (χ4v) is 3.48. The van der Waals surface area contributed by atoms with Crippen molar-refractivity contribution in [1.29, 1.82) is 0 Å². The fraction of sp³-hybridized carbons (Fsp3) is 0.455. The summed E-state index contributed by atoms with van der Waals surface area (Å²) >= 11 is 5.99. The van der Waals surface area contributed by atoms with Crippen molar-refractivity contribution in [1.82, 2.24) is 0 Å². The lowest BCUT2D eigenvalue weighted by Gasteiger charge is -2.19. The summed E-state index contributed by atoms with van der Waals surface area (Å²) in [5.41, 5.74) is 0.745. The average Bonchev–Trinajstić information content (AvgIpc) is 2.22. The molecule has 1 rings (SSSR count). The van der Waals surface area contributed by atoms with Crippen molar-refractivity contribution >= 4 is 24.5 Å². The molecule has 0 radical (unpaired) electrons. The van der Waals surface area contributed by atoms with Crippen LogP contribution in [0.4, 0.5) is 0 Å². The molecule has 3 nitrogen and oxygen atoms in total. The van der Waals surface area contributed by atoms with E-state index in [-0.39, 0.29) is 0 Å². The lowest BCUT2D eigenvalue weighted by atomic mass is 10.2. The summed E-state index contributed by atoms with van der Waals surface area (Å²) in [5.74, 6) is 0. The lowest BCUT2D eigenvalue weighted by Crippen LogP contribution is -2.14. The smallest absolute Gasteiger partial charge is 0.305 e. The molecular formula is C11H16ClO3P. The first-order chi connectivity index (χ1) is 7.55. The Morgan fingerprint density at radius 1 is 1.25 bits per heavy atom. The standard InChI is InChI=1S/C11H16ClO3P/c1-4-14-16(13,15-5-2)11-8-6-7-10(12)9(11)3/h6-8H,4-5H2,1-3H3. The Morgan fingerprint density at radius 2 is 1.81 bits per heavy atom. The predicted molar refractivity (Wildman–Crippen MR) is 66.7 cm³/mol. The highest BCUT2D eigenvalue weighted by molar-refractivity contribution is 7.62. The van der Waals surface area contributed by atoms with E-state index in [9.17, 15) is 4.57 Å². The quantitative estimate of drug-likeness (QED) is 0.762. The molecular weight excluding hydrogens is 247 g/mol. The SMILES string of the molecule is CCOP(=O)(OCC)c1cccc(Cl)c1C. The number of rotatable bonds is 5. The molecule has 0 spiro atoms. The predicted octanol–water partition coefficient (Wildman–Crippen LogP) is 3.54. The largest absolute Gasteiger partial charge is 0.361 e. The van der Waals surface area contributed by atoms with Gasteiger partial charge in [0.25, 0.3) is 0 Å². The summed E-state index contributed by atoms with van der Waals surface area (Å²) in [7, 11) is -3.22. The Balaban J connectivity index is 3.21. The van der Waals surface area contributed by atoms with Gasteiger partial charge >= 0.3 is 7.60 Å². The van der Waals surface area contributed by atoms with Crippen molar-refractivity contribution in [3.63, 3.8) is 0 Å². The molecule has 0 N–H and O–H groups in total. The van der Waals surface area contributed by atoms with Gasteiger partial charge < -0.3 is 9.05 Å². The van der Waals surface area contributed by atoms with Crippen LogP contribution in [0.3, 0.4) is 0 Å². The van der Waals surface area contributed by atoms with Crippen molar-refractivity contribution in [2.75, 3.05) is 13.2 Å². The number of halogens is 1. The van der Waals surface area contributed by atoms with Gasteiger partial charge in [-0.2, -0.15) is 0 Å². The third-order valence-electron chi connectivity index (χ3n) is 2.13. The highest BCUT2D eigenvalue weighted by Gasteiger charge is 2.28. The van der Waals surface area contributed by atoms with E-state index in [4.69, 9.17) is 20.6 Å². The molecule has 0 amide bonds. The lowest BCUT2D eigenvalue weighted by molar-refractivity contribution is 0.230. The minimum absolute atomic E-state index is 0.337. The van der Waals surface area contributed by atoms with Crippen LogP contribution in [-0.4, -0.2) is 13.2 Å². The monoisotopic (exact) mass is 262 g/mol. The second-order valence-electron chi connectivity index (χ2n) is 3.22. The highest BCUT2D eigenvalue weighted by Crippen LogP contribution is 2.48. The van der Waals surface area contributed by atoms with Crippen molar-refractivity contribution < 1.29 is 13.6 Å². The molecule has 0 heterocycles. The van der Waals surface area contributed by atoms with Crippen LogP contribution >= 0.6 is 19.2 Å². The van der Waals surface area contributed by atoms with Crippen LogP contribution in [0.25, 0.3) is 0 Å². The van der Waals surface area contributed by atoms with Crippen molar-refractivity contribution in [2.24, 2.45) is 0 Å². The molecule has 0 aliphatic rings.